The number of nitro benzene ring substituents is 1. The third kappa shape index (κ3) is 4.22. The molecule has 2 rings (SSSR count). The maximum Gasteiger partial charge on any atom is 0.435 e. The molecule has 0 fully saturated rings. The van der Waals surface area contributed by atoms with Crippen molar-refractivity contribution >= 4 is 23.2 Å². The third-order valence-corrected chi connectivity index (χ3v) is 3.28. The number of nitro groups is 1. The first-order chi connectivity index (χ1) is 11.2. The second-order valence-corrected chi connectivity index (χ2v) is 5.05. The number of hydrogen-bond acceptors (Lipinski definition) is 4. The summed E-state index contributed by atoms with van der Waals surface area (Å²) in [5.41, 5.74) is -1.25. The van der Waals surface area contributed by atoms with Crippen LogP contribution in [0.5, 0.6) is 0 Å². The number of carbonyl (C=O) groups excluding carboxylic acids is 1. The molecule has 0 unspecified atom stereocenters. The Labute approximate surface area is 138 Å². The van der Waals surface area contributed by atoms with Crippen molar-refractivity contribution in [3.8, 4) is 0 Å². The zero-order chi connectivity index (χ0) is 17.9. The van der Waals surface area contributed by atoms with Gasteiger partial charge in [-0.1, -0.05) is 11.6 Å². The van der Waals surface area contributed by atoms with Crippen molar-refractivity contribution < 1.29 is 22.9 Å². The summed E-state index contributed by atoms with van der Waals surface area (Å²) in [6.45, 7) is 0.0253. The summed E-state index contributed by atoms with van der Waals surface area (Å²) in [6.07, 6.45) is -3.38. The molecule has 1 aromatic heterocycles. The molecule has 11 heteroatoms. The molecule has 0 aliphatic carbocycles. The van der Waals surface area contributed by atoms with Crippen molar-refractivity contribution in [2.75, 3.05) is 6.54 Å². The van der Waals surface area contributed by atoms with Crippen LogP contribution in [-0.4, -0.2) is 27.2 Å². The Hall–Kier alpha value is -2.62. The second kappa shape index (κ2) is 6.87. The second-order valence-electron chi connectivity index (χ2n) is 4.64. The van der Waals surface area contributed by atoms with Gasteiger partial charge in [0.2, 0.25) is 0 Å². The van der Waals surface area contributed by atoms with Gasteiger partial charge in [0.05, 0.1) is 22.1 Å². The van der Waals surface area contributed by atoms with E-state index < -0.39 is 22.7 Å². The van der Waals surface area contributed by atoms with Crippen LogP contribution < -0.4 is 5.32 Å². The molecule has 1 heterocycles. The van der Waals surface area contributed by atoms with Crippen molar-refractivity contribution in [2.45, 2.75) is 12.7 Å². The number of amides is 1. The lowest BCUT2D eigenvalue weighted by molar-refractivity contribution is -0.384. The Morgan fingerprint density at radius 1 is 1.38 bits per heavy atom. The fraction of sp³-hybridized carbons (Fsp3) is 0.231. The molecule has 24 heavy (non-hydrogen) atoms. The van der Waals surface area contributed by atoms with Gasteiger partial charge < -0.3 is 5.32 Å². The molecule has 0 aliphatic heterocycles. The number of nitrogens with zero attached hydrogens (tertiary/aromatic N) is 3. The summed E-state index contributed by atoms with van der Waals surface area (Å²) in [5, 5.41) is 16.3. The molecule has 0 saturated heterocycles. The highest BCUT2D eigenvalue weighted by Gasteiger charge is 2.33. The number of benzene rings is 1. The highest BCUT2D eigenvalue weighted by molar-refractivity contribution is 6.34. The minimum atomic E-state index is -4.53. The number of hydrogen-bond donors (Lipinski definition) is 1. The average molecular weight is 363 g/mol. The summed E-state index contributed by atoms with van der Waals surface area (Å²) in [4.78, 5) is 21.9. The van der Waals surface area contributed by atoms with Gasteiger partial charge >= 0.3 is 6.18 Å². The van der Waals surface area contributed by atoms with E-state index in [0.717, 1.165) is 29.1 Å². The zero-order valence-corrected chi connectivity index (χ0v) is 12.6. The summed E-state index contributed by atoms with van der Waals surface area (Å²) in [7, 11) is 0. The van der Waals surface area contributed by atoms with Crippen LogP contribution in [0.3, 0.4) is 0 Å². The first-order valence-electron chi connectivity index (χ1n) is 6.51. The number of non-ortho nitro benzene ring substituents is 1. The molecule has 0 saturated carbocycles. The van der Waals surface area contributed by atoms with Crippen molar-refractivity contribution in [2.24, 2.45) is 0 Å². The van der Waals surface area contributed by atoms with E-state index in [1.165, 1.54) is 6.07 Å². The van der Waals surface area contributed by atoms with Gasteiger partial charge in [-0.25, -0.2) is 0 Å². The molecule has 0 bridgehead atoms. The Morgan fingerprint density at radius 2 is 2.08 bits per heavy atom. The van der Waals surface area contributed by atoms with Crippen LogP contribution in [0.4, 0.5) is 18.9 Å². The smallest absolute Gasteiger partial charge is 0.350 e. The first kappa shape index (κ1) is 17.7. The summed E-state index contributed by atoms with van der Waals surface area (Å²) in [6, 6.07) is 4.20. The number of rotatable bonds is 5. The number of alkyl halides is 3. The molecule has 2 aromatic rings. The normalized spacial score (nSPS) is 11.3. The molecule has 0 radical (unpaired) electrons. The molecular formula is C13H10ClF3N4O3. The Morgan fingerprint density at radius 3 is 2.62 bits per heavy atom. The quantitative estimate of drug-likeness (QED) is 0.654. The lowest BCUT2D eigenvalue weighted by Crippen LogP contribution is -2.27. The highest BCUT2D eigenvalue weighted by atomic mass is 35.5. The molecule has 1 aromatic carbocycles. The van der Waals surface area contributed by atoms with E-state index in [2.05, 4.69) is 10.4 Å². The fourth-order valence-corrected chi connectivity index (χ4v) is 2.08. The van der Waals surface area contributed by atoms with Gasteiger partial charge in [0.1, 0.15) is 0 Å². The van der Waals surface area contributed by atoms with Crippen LogP contribution in [0.2, 0.25) is 5.02 Å². The number of nitrogens with one attached hydrogen (secondary N) is 1. The topological polar surface area (TPSA) is 90.1 Å². The van der Waals surface area contributed by atoms with E-state index in [-0.39, 0.29) is 29.4 Å². The van der Waals surface area contributed by atoms with Crippen molar-refractivity contribution in [3.63, 3.8) is 0 Å². The molecule has 128 valence electrons. The monoisotopic (exact) mass is 362 g/mol. The lowest BCUT2D eigenvalue weighted by atomic mass is 10.2. The standard InChI is InChI=1S/C13H10ClF3N4O3/c14-10-7-8(21(23)24)1-2-9(10)12(22)18-4-6-20-5-3-11(19-20)13(15,16)17/h1-3,5,7H,4,6H2,(H,18,22). The van der Waals surface area contributed by atoms with E-state index in [0.29, 0.717) is 0 Å². The molecule has 0 atom stereocenters. The maximum absolute atomic E-state index is 12.4. The minimum absolute atomic E-state index is 0.00509. The minimum Gasteiger partial charge on any atom is -0.350 e. The summed E-state index contributed by atoms with van der Waals surface area (Å²) < 4.78 is 38.2. The van der Waals surface area contributed by atoms with Gasteiger partial charge in [-0.3, -0.25) is 19.6 Å². The number of aromatic nitrogens is 2. The van der Waals surface area contributed by atoms with E-state index in [1.807, 2.05) is 0 Å². The maximum atomic E-state index is 12.4. The largest absolute Gasteiger partial charge is 0.435 e. The Balaban J connectivity index is 1.94. The van der Waals surface area contributed by atoms with Gasteiger partial charge in [0.15, 0.2) is 5.69 Å². The first-order valence-corrected chi connectivity index (χ1v) is 6.89. The zero-order valence-electron chi connectivity index (χ0n) is 11.9. The van der Waals surface area contributed by atoms with Gasteiger partial charge in [-0.05, 0) is 12.1 Å². The molecule has 7 nitrogen and oxygen atoms in total. The Kier molecular flexibility index (Phi) is 5.07. The summed E-state index contributed by atoms with van der Waals surface area (Å²) in [5.74, 6) is -0.599. The van der Waals surface area contributed by atoms with Crippen LogP contribution in [0, 0.1) is 10.1 Å². The van der Waals surface area contributed by atoms with Crippen LogP contribution in [-0.2, 0) is 12.7 Å². The van der Waals surface area contributed by atoms with E-state index in [4.69, 9.17) is 11.6 Å². The highest BCUT2D eigenvalue weighted by Crippen LogP contribution is 2.27. The van der Waals surface area contributed by atoms with Crippen LogP contribution in [0.15, 0.2) is 30.5 Å². The SMILES string of the molecule is O=C(NCCn1ccc(C(F)(F)F)n1)c1ccc([N+](=O)[O-])cc1Cl. The predicted molar refractivity (Wildman–Crippen MR) is 77.7 cm³/mol. The molecule has 0 spiro atoms. The van der Waals surface area contributed by atoms with Crippen LogP contribution in [0.25, 0.3) is 0 Å². The Bertz CT molecular complexity index is 776. The van der Waals surface area contributed by atoms with E-state index in [9.17, 15) is 28.1 Å². The molecule has 1 N–H and O–H groups in total. The van der Waals surface area contributed by atoms with Gasteiger partial charge in [0.25, 0.3) is 11.6 Å². The average Bonchev–Trinajstić information content (AvgIpc) is 2.95. The number of halogens is 4. The van der Waals surface area contributed by atoms with Crippen molar-refractivity contribution in [1.29, 1.82) is 0 Å². The van der Waals surface area contributed by atoms with Gasteiger partial charge in [-0.2, -0.15) is 18.3 Å². The van der Waals surface area contributed by atoms with Gasteiger partial charge in [0, 0.05) is 24.9 Å². The number of carbonyl (C=O) groups is 1. The van der Waals surface area contributed by atoms with Crippen LogP contribution in [0.1, 0.15) is 16.1 Å². The summed E-state index contributed by atoms with van der Waals surface area (Å²) >= 11 is 5.81. The van der Waals surface area contributed by atoms with E-state index in [1.54, 1.807) is 0 Å². The van der Waals surface area contributed by atoms with Crippen molar-refractivity contribution in [3.05, 3.63) is 56.9 Å². The predicted octanol–water partition coefficient (Wildman–Crippen LogP) is 2.89. The van der Waals surface area contributed by atoms with Gasteiger partial charge in [-0.15, -0.1) is 0 Å². The molecule has 1 amide bonds. The van der Waals surface area contributed by atoms with Crippen LogP contribution >= 0.6 is 11.6 Å². The fourth-order valence-electron chi connectivity index (χ4n) is 1.82. The third-order valence-electron chi connectivity index (χ3n) is 2.97. The van der Waals surface area contributed by atoms with E-state index >= 15 is 0 Å². The molecular weight excluding hydrogens is 353 g/mol. The van der Waals surface area contributed by atoms with Crippen molar-refractivity contribution in [1.82, 2.24) is 15.1 Å². The lowest BCUT2D eigenvalue weighted by Gasteiger charge is -2.07. The molecule has 0 aliphatic rings.